The molecule has 344 valence electrons. The summed E-state index contributed by atoms with van der Waals surface area (Å²) in [5.41, 5.74) is -1.32. The van der Waals surface area contributed by atoms with Crippen LogP contribution >= 0.6 is 0 Å². The zero-order chi connectivity index (χ0) is 47.2. The third-order valence-electron chi connectivity index (χ3n) is 14.3. The third-order valence-corrected chi connectivity index (χ3v) is 14.3. The Labute approximate surface area is 375 Å². The van der Waals surface area contributed by atoms with Crippen molar-refractivity contribution in [2.75, 3.05) is 13.2 Å². The van der Waals surface area contributed by atoms with Crippen molar-refractivity contribution >= 4 is 41.4 Å². The van der Waals surface area contributed by atoms with Crippen LogP contribution in [0.25, 0.3) is 0 Å². The second-order valence-corrected chi connectivity index (χ2v) is 18.1. The quantitative estimate of drug-likeness (QED) is 0.116. The molecule has 2 saturated carbocycles. The number of hydrogen-bond acceptors (Lipinski definition) is 15. The first-order chi connectivity index (χ1) is 30.7. The van der Waals surface area contributed by atoms with Crippen molar-refractivity contribution in [2.45, 2.75) is 103 Å². The van der Waals surface area contributed by atoms with Gasteiger partial charge < -0.3 is 44.9 Å². The maximum Gasteiger partial charge on any atom is 0.350 e. The Morgan fingerprint density at radius 1 is 0.862 bits per heavy atom. The predicted molar refractivity (Wildman–Crippen MR) is 229 cm³/mol. The summed E-state index contributed by atoms with van der Waals surface area (Å²) in [7, 11) is 0. The molecule has 3 aromatic carbocycles. The normalized spacial score (nSPS) is 30.9. The molecular formula is C49H54N2O14. The Balaban J connectivity index is 1.42. The first kappa shape index (κ1) is 46.9. The molecular weight excluding hydrogens is 841 g/mol. The summed E-state index contributed by atoms with van der Waals surface area (Å²) in [6, 6.07) is 22.8. The van der Waals surface area contributed by atoms with Gasteiger partial charge in [-0.15, -0.1) is 0 Å². The highest BCUT2D eigenvalue weighted by atomic mass is 16.6. The Kier molecular flexibility index (Phi) is 12.8. The number of carbonyl (C=O) groups excluding carboxylic acids is 7. The molecule has 1 unspecified atom stereocenters. The lowest BCUT2D eigenvalue weighted by molar-refractivity contribution is -0.306. The van der Waals surface area contributed by atoms with Gasteiger partial charge in [0.1, 0.15) is 29.6 Å². The lowest BCUT2D eigenvalue weighted by Gasteiger charge is -2.67. The fraction of sp³-hybridized carbons (Fsp3) is 0.449. The van der Waals surface area contributed by atoms with Gasteiger partial charge in [-0.1, -0.05) is 80.6 Å². The zero-order valence-corrected chi connectivity index (χ0v) is 37.0. The van der Waals surface area contributed by atoms with Crippen molar-refractivity contribution in [1.82, 2.24) is 5.32 Å². The van der Waals surface area contributed by atoms with Gasteiger partial charge in [0.15, 0.2) is 11.9 Å². The van der Waals surface area contributed by atoms with E-state index in [1.165, 1.54) is 32.9 Å². The van der Waals surface area contributed by atoms with Gasteiger partial charge in [-0.2, -0.15) is 0 Å². The molecule has 1 aliphatic heterocycles. The fourth-order valence-electron chi connectivity index (χ4n) is 10.7. The van der Waals surface area contributed by atoms with E-state index in [2.05, 4.69) is 5.32 Å². The van der Waals surface area contributed by atoms with Crippen LogP contribution in [0, 0.1) is 22.2 Å². The monoisotopic (exact) mass is 894 g/mol. The molecule has 4 aliphatic rings. The van der Waals surface area contributed by atoms with E-state index in [0.717, 1.165) is 6.92 Å². The maximum absolute atomic E-state index is 15.6. The highest BCUT2D eigenvalue weighted by Gasteiger charge is 2.78. The molecule has 3 aromatic rings. The van der Waals surface area contributed by atoms with Crippen LogP contribution < -0.4 is 11.1 Å². The van der Waals surface area contributed by atoms with Crippen LogP contribution in [-0.4, -0.2) is 107 Å². The Hall–Kier alpha value is -6.07. The summed E-state index contributed by atoms with van der Waals surface area (Å²) in [6.07, 6.45) is -10.4. The van der Waals surface area contributed by atoms with E-state index in [4.69, 9.17) is 29.4 Å². The van der Waals surface area contributed by atoms with Crippen molar-refractivity contribution in [1.29, 1.82) is 0 Å². The molecule has 0 aromatic heterocycles. The standard InChI is InChI=1S/C49H54N2O14/c1-26-32(63-45(59)39(64-35(55)24-50)37(29-16-10-7-11-17-29)51-43(57)30-18-12-8-13-19-30)23-49(60)42(65-44(58)31-20-14-9-15-21-31)40-47(6,33(54)22-34-48(40,25-61-34)27(2)52)41(56)38(62-28(3)53)36(26)46(49,4)5/h7-21,32-34,37-40,42,54,60H,22-25,50H2,1-6H3,(H,51,57)/t32-,33-,34+,37-,38+,39+,40?,42-,47+,48-,49+/m0/s1. The first-order valence-corrected chi connectivity index (χ1v) is 21.5. The summed E-state index contributed by atoms with van der Waals surface area (Å²) in [5.74, 6) is -7.53. The second-order valence-electron chi connectivity index (χ2n) is 18.1. The number of carbonyl (C=O) groups is 7. The molecule has 11 atom stereocenters. The summed E-state index contributed by atoms with van der Waals surface area (Å²) in [5, 5.41) is 28.7. The molecule has 5 N–H and O–H groups in total. The number of nitrogens with two attached hydrogens (primary N) is 1. The lowest BCUT2D eigenvalue weighted by Crippen LogP contribution is -2.79. The van der Waals surface area contributed by atoms with Crippen LogP contribution in [0.1, 0.15) is 86.7 Å². The van der Waals surface area contributed by atoms with Gasteiger partial charge in [0, 0.05) is 36.7 Å². The van der Waals surface area contributed by atoms with Crippen LogP contribution in [-0.2, 0) is 47.7 Å². The zero-order valence-electron chi connectivity index (χ0n) is 37.0. The summed E-state index contributed by atoms with van der Waals surface area (Å²) < 4.78 is 30.2. The number of rotatable bonds is 12. The molecule has 65 heavy (non-hydrogen) atoms. The molecule has 7 rings (SSSR count). The van der Waals surface area contributed by atoms with Crippen molar-refractivity contribution in [3.8, 4) is 0 Å². The van der Waals surface area contributed by atoms with Gasteiger partial charge in [-0.05, 0) is 61.7 Å². The number of ether oxygens (including phenoxy) is 5. The van der Waals surface area contributed by atoms with E-state index in [0.29, 0.717) is 5.56 Å². The van der Waals surface area contributed by atoms with Gasteiger partial charge in [0.2, 0.25) is 6.10 Å². The Bertz CT molecular complexity index is 2410. The van der Waals surface area contributed by atoms with Crippen LogP contribution in [0.2, 0.25) is 0 Å². The molecule has 3 aliphatic carbocycles. The summed E-state index contributed by atoms with van der Waals surface area (Å²) in [4.78, 5) is 98.8. The van der Waals surface area contributed by atoms with Crippen LogP contribution in [0.15, 0.2) is 102 Å². The largest absolute Gasteiger partial charge is 0.455 e. The smallest absolute Gasteiger partial charge is 0.350 e. The molecule has 16 heteroatoms. The van der Waals surface area contributed by atoms with Gasteiger partial charge in [0.05, 0.1) is 41.8 Å². The van der Waals surface area contributed by atoms with Crippen molar-refractivity contribution < 1.29 is 67.5 Å². The van der Waals surface area contributed by atoms with Crippen LogP contribution in [0.4, 0.5) is 0 Å². The average Bonchev–Trinajstić information content (AvgIpc) is 3.27. The molecule has 1 saturated heterocycles. The van der Waals surface area contributed by atoms with Crippen LogP contribution in [0.3, 0.4) is 0 Å². The fourth-order valence-corrected chi connectivity index (χ4v) is 10.7. The number of esters is 4. The highest BCUT2D eigenvalue weighted by Crippen LogP contribution is 2.66. The van der Waals surface area contributed by atoms with E-state index < -0.39 is 125 Å². The maximum atomic E-state index is 15.6. The number of fused-ring (bicyclic) bond motifs is 5. The number of amides is 1. The number of benzene rings is 3. The molecule has 2 bridgehead atoms. The highest BCUT2D eigenvalue weighted by molar-refractivity contribution is 5.98. The minimum Gasteiger partial charge on any atom is -0.455 e. The number of nitrogens with one attached hydrogen (secondary N) is 1. The first-order valence-electron chi connectivity index (χ1n) is 21.5. The Morgan fingerprint density at radius 2 is 1.45 bits per heavy atom. The van der Waals surface area contributed by atoms with Crippen molar-refractivity contribution in [3.05, 3.63) is 119 Å². The van der Waals surface area contributed by atoms with Gasteiger partial charge >= 0.3 is 23.9 Å². The van der Waals surface area contributed by atoms with Crippen molar-refractivity contribution in [2.24, 2.45) is 27.9 Å². The number of aliphatic hydroxyl groups is 2. The molecule has 1 heterocycles. The van der Waals surface area contributed by atoms with Gasteiger partial charge in [-0.25, -0.2) is 9.59 Å². The Morgan fingerprint density at radius 3 is 1.98 bits per heavy atom. The average molecular weight is 895 g/mol. The number of aliphatic hydroxyl groups excluding tert-OH is 1. The van der Waals surface area contributed by atoms with E-state index in [9.17, 15) is 39.0 Å². The molecule has 0 spiro atoms. The van der Waals surface area contributed by atoms with E-state index in [-0.39, 0.29) is 35.3 Å². The van der Waals surface area contributed by atoms with Crippen LogP contribution in [0.5, 0.6) is 0 Å². The predicted octanol–water partition coefficient (Wildman–Crippen LogP) is 3.52. The van der Waals surface area contributed by atoms with Crippen molar-refractivity contribution in [3.63, 3.8) is 0 Å². The minimum atomic E-state index is -2.41. The summed E-state index contributed by atoms with van der Waals surface area (Å²) >= 11 is 0. The topological polar surface area (TPSA) is 244 Å². The lowest BCUT2D eigenvalue weighted by atomic mass is 9.41. The molecule has 0 radical (unpaired) electrons. The van der Waals surface area contributed by atoms with Gasteiger partial charge in [0.25, 0.3) is 5.91 Å². The van der Waals surface area contributed by atoms with E-state index in [1.807, 2.05) is 0 Å². The SMILES string of the molecule is CC(=O)O[C@H]1C(=O)[C@@]2(C)C([C@H](OC(=O)c3ccccc3)[C@]3(O)C[C@H](OC(=O)[C@H](OC(=O)CN)[C@@H](NC(=O)c4ccccc4)c4ccccc4)C(C)=C1C3(C)C)[C@]1(C(C)=O)CO[C@@H]1C[C@@H]2O. The third kappa shape index (κ3) is 7.85. The number of Topliss-reactive ketones (excluding diaryl/α,β-unsaturated/α-hetero) is 2. The number of hydrogen-bond donors (Lipinski definition) is 4. The molecule has 3 fully saturated rings. The van der Waals surface area contributed by atoms with Gasteiger partial charge in [-0.3, -0.25) is 24.0 Å². The molecule has 16 nitrogen and oxygen atoms in total. The van der Waals surface area contributed by atoms with E-state index in [1.54, 1.807) is 92.7 Å². The minimum absolute atomic E-state index is 0.0202. The number of ketones is 2. The molecule has 1 amide bonds. The summed E-state index contributed by atoms with van der Waals surface area (Å²) in [6.45, 7) is 7.52. The van der Waals surface area contributed by atoms with E-state index >= 15 is 4.79 Å². The second kappa shape index (κ2) is 17.7.